The second-order valence-corrected chi connectivity index (χ2v) is 5.76. The molecule has 129 valence electrons. The maximum atomic E-state index is 12.7. The van der Waals surface area contributed by atoms with Gasteiger partial charge in [-0.1, -0.05) is 20.4 Å². The first kappa shape index (κ1) is 21.7. The smallest absolute Gasteiger partial charge is 0.256 e. The Morgan fingerprint density at radius 2 is 2.12 bits per heavy atom. The van der Waals surface area contributed by atoms with Gasteiger partial charge in [0.05, 0.1) is 13.2 Å². The van der Waals surface area contributed by atoms with Gasteiger partial charge in [-0.05, 0) is 12.1 Å². The van der Waals surface area contributed by atoms with E-state index in [1.807, 2.05) is 0 Å². The van der Waals surface area contributed by atoms with Crippen LogP contribution in [0.5, 0.6) is 5.75 Å². The number of ether oxygens (including phenoxy) is 2. The molecule has 1 radical (unpaired) electrons. The zero-order valence-corrected chi connectivity index (χ0v) is 17.7. The van der Waals surface area contributed by atoms with Crippen LogP contribution in [0.25, 0.3) is 5.70 Å². The second kappa shape index (κ2) is 10.6. The molecule has 0 spiro atoms. The number of alkyl halides is 2. The maximum absolute atomic E-state index is 12.7. The van der Waals surface area contributed by atoms with E-state index < -0.39 is 13.0 Å². The Balaban J connectivity index is 0.00000288. The Labute approximate surface area is 173 Å². The van der Waals surface area contributed by atoms with Gasteiger partial charge in [-0.25, -0.2) is 14.9 Å². The molecule has 1 aliphatic rings. The van der Waals surface area contributed by atoms with Gasteiger partial charge in [-0.2, -0.15) is 0 Å². The van der Waals surface area contributed by atoms with E-state index in [-0.39, 0.29) is 45.0 Å². The van der Waals surface area contributed by atoms with Crippen molar-refractivity contribution in [1.82, 2.24) is 4.90 Å². The number of hydrogen-bond acceptors (Lipinski definition) is 3. The van der Waals surface area contributed by atoms with Crippen molar-refractivity contribution < 1.29 is 55.8 Å². The number of carbonyl (C=O) groups is 1. The fourth-order valence-corrected chi connectivity index (χ4v) is 2.78. The summed E-state index contributed by atoms with van der Waals surface area (Å²) in [5.74, 6) is 0.312. The van der Waals surface area contributed by atoms with E-state index in [4.69, 9.17) is 9.47 Å². The number of amides is 1. The number of carbonyl (C=O) groups excluding carboxylic acids is 1. The molecule has 4 nitrogen and oxygen atoms in total. The van der Waals surface area contributed by atoms with Crippen molar-refractivity contribution in [2.75, 3.05) is 26.9 Å². The molecular formula is C16H17BrF2NO3Y-. The normalized spacial score (nSPS) is 14.5. The largest absolute Gasteiger partial charge is 0.491 e. The average Bonchev–Trinajstić information content (AvgIpc) is 2.50. The van der Waals surface area contributed by atoms with Crippen LogP contribution >= 0.6 is 15.9 Å². The summed E-state index contributed by atoms with van der Waals surface area (Å²) in [7, 11) is 1.59. The van der Waals surface area contributed by atoms with E-state index in [1.54, 1.807) is 25.3 Å². The molecule has 0 aliphatic carbocycles. The van der Waals surface area contributed by atoms with Crippen LogP contribution in [0, 0.1) is 6.08 Å². The standard InChI is InChI=1S/C16H17BrF2NO3.Y/c1-22-7-8-23-11-5-6-12(13(17)9-11)14-3-2-4-16(21)20(14)10-15(18)19;/h5-6,9,15H,2,4,7-8,10H2,1H3;/q-1;. The molecule has 0 N–H and O–H groups in total. The van der Waals surface area contributed by atoms with Gasteiger partial charge in [-0.15, -0.1) is 23.7 Å². The molecule has 2 rings (SSSR count). The first-order valence-corrected chi connectivity index (χ1v) is 7.93. The van der Waals surface area contributed by atoms with E-state index in [1.165, 1.54) is 0 Å². The Bertz CT molecular complexity index is 599. The molecular weight excluding hydrogens is 461 g/mol. The van der Waals surface area contributed by atoms with E-state index in [0.717, 1.165) is 4.90 Å². The van der Waals surface area contributed by atoms with Gasteiger partial charge in [0.15, 0.2) is 0 Å². The molecule has 1 amide bonds. The van der Waals surface area contributed by atoms with Gasteiger partial charge < -0.3 is 14.4 Å². The molecule has 0 unspecified atom stereocenters. The Morgan fingerprint density at radius 3 is 2.75 bits per heavy atom. The minimum absolute atomic E-state index is 0. The molecule has 1 aromatic rings. The third-order valence-electron chi connectivity index (χ3n) is 3.27. The molecule has 8 heteroatoms. The summed E-state index contributed by atoms with van der Waals surface area (Å²) >= 11 is 3.41. The topological polar surface area (TPSA) is 38.8 Å². The van der Waals surface area contributed by atoms with Crippen LogP contribution in [-0.4, -0.2) is 44.1 Å². The van der Waals surface area contributed by atoms with Gasteiger partial charge in [0, 0.05) is 46.2 Å². The number of halogens is 3. The van der Waals surface area contributed by atoms with Gasteiger partial charge in [0.25, 0.3) is 6.43 Å². The summed E-state index contributed by atoms with van der Waals surface area (Å²) in [5, 5.41) is 0. The predicted octanol–water partition coefficient (Wildman–Crippen LogP) is 3.50. The Morgan fingerprint density at radius 1 is 1.38 bits per heavy atom. The Kier molecular flexibility index (Phi) is 9.56. The van der Waals surface area contributed by atoms with Crippen LogP contribution in [0.15, 0.2) is 22.7 Å². The molecule has 1 aliphatic heterocycles. The van der Waals surface area contributed by atoms with Crippen LogP contribution in [0.4, 0.5) is 8.78 Å². The van der Waals surface area contributed by atoms with E-state index in [2.05, 4.69) is 22.0 Å². The SMILES string of the molecule is COCCOc1ccc(C2=[C-]CCC(=O)N2CC(F)F)c(Br)c1.[Y]. The molecule has 0 saturated heterocycles. The summed E-state index contributed by atoms with van der Waals surface area (Å²) in [6.45, 7) is 0.252. The zero-order chi connectivity index (χ0) is 16.8. The summed E-state index contributed by atoms with van der Waals surface area (Å²) in [5.41, 5.74) is 1.02. The third kappa shape index (κ3) is 5.86. The number of allylic oxidation sites excluding steroid dienone is 1. The van der Waals surface area contributed by atoms with Crippen molar-refractivity contribution in [1.29, 1.82) is 0 Å². The minimum atomic E-state index is -2.59. The molecule has 0 bridgehead atoms. The quantitative estimate of drug-likeness (QED) is 0.445. The van der Waals surface area contributed by atoms with Crippen molar-refractivity contribution in [2.24, 2.45) is 0 Å². The van der Waals surface area contributed by atoms with E-state index >= 15 is 0 Å². The fraction of sp³-hybridized carbons (Fsp3) is 0.438. The fourth-order valence-electron chi connectivity index (χ4n) is 2.24. The second-order valence-electron chi connectivity index (χ2n) is 4.90. The summed E-state index contributed by atoms with van der Waals surface area (Å²) < 4.78 is 36.5. The third-order valence-corrected chi connectivity index (χ3v) is 3.93. The Hall–Kier alpha value is -0.366. The van der Waals surface area contributed by atoms with Crippen molar-refractivity contribution in [2.45, 2.75) is 19.3 Å². The molecule has 0 fully saturated rings. The van der Waals surface area contributed by atoms with E-state index in [0.29, 0.717) is 41.1 Å². The van der Waals surface area contributed by atoms with Crippen LogP contribution in [0.2, 0.25) is 0 Å². The molecule has 1 heterocycles. The predicted molar refractivity (Wildman–Crippen MR) is 85.1 cm³/mol. The zero-order valence-electron chi connectivity index (χ0n) is 13.2. The number of hydrogen-bond donors (Lipinski definition) is 0. The molecule has 1 aromatic carbocycles. The monoisotopic (exact) mass is 477 g/mol. The minimum Gasteiger partial charge on any atom is -0.491 e. The summed E-state index contributed by atoms with van der Waals surface area (Å²) in [6.07, 6.45) is 1.06. The van der Waals surface area contributed by atoms with Crippen molar-refractivity contribution in [3.63, 3.8) is 0 Å². The first-order chi connectivity index (χ1) is 11.0. The van der Waals surface area contributed by atoms with E-state index in [9.17, 15) is 13.6 Å². The first-order valence-electron chi connectivity index (χ1n) is 7.14. The van der Waals surface area contributed by atoms with Crippen LogP contribution in [0.1, 0.15) is 18.4 Å². The number of benzene rings is 1. The number of rotatable bonds is 7. The van der Waals surface area contributed by atoms with Crippen molar-refractivity contribution >= 4 is 27.5 Å². The van der Waals surface area contributed by atoms with Crippen molar-refractivity contribution in [3.05, 3.63) is 34.3 Å². The number of nitrogens with zero attached hydrogens (tertiary/aromatic N) is 1. The van der Waals surface area contributed by atoms with Gasteiger partial charge >= 0.3 is 0 Å². The van der Waals surface area contributed by atoms with Crippen LogP contribution in [0.3, 0.4) is 0 Å². The number of methoxy groups -OCH3 is 1. The van der Waals surface area contributed by atoms with Crippen LogP contribution < -0.4 is 4.74 Å². The molecule has 24 heavy (non-hydrogen) atoms. The van der Waals surface area contributed by atoms with Crippen molar-refractivity contribution in [3.8, 4) is 5.75 Å². The summed E-state index contributed by atoms with van der Waals surface area (Å²) in [4.78, 5) is 13.0. The van der Waals surface area contributed by atoms with Gasteiger partial charge in [0.2, 0.25) is 5.91 Å². The van der Waals surface area contributed by atoms with Crippen LogP contribution in [-0.2, 0) is 42.2 Å². The molecule has 0 aromatic heterocycles. The van der Waals surface area contributed by atoms with Gasteiger partial charge in [-0.3, -0.25) is 4.79 Å². The average molecular weight is 478 g/mol. The molecule has 0 atom stereocenters. The maximum Gasteiger partial charge on any atom is 0.256 e. The molecule has 0 saturated carbocycles. The summed E-state index contributed by atoms with van der Waals surface area (Å²) in [6, 6.07) is 5.19. The van der Waals surface area contributed by atoms with Gasteiger partial charge in [0.1, 0.15) is 12.4 Å².